The molecule has 0 aliphatic rings. The first-order valence-corrected chi connectivity index (χ1v) is 9.80. The first-order valence-electron chi connectivity index (χ1n) is 7.98. The summed E-state index contributed by atoms with van der Waals surface area (Å²) in [5, 5.41) is 6.46. The molecule has 2 N–H and O–H groups in total. The normalized spacial score (nSPS) is 12.7. The summed E-state index contributed by atoms with van der Waals surface area (Å²) in [5.74, 6) is -0.288. The molecule has 0 aliphatic carbocycles. The van der Waals surface area contributed by atoms with E-state index in [1.165, 1.54) is 26.2 Å². The minimum atomic E-state index is -3.56. The van der Waals surface area contributed by atoms with Crippen molar-refractivity contribution < 1.29 is 13.2 Å². The van der Waals surface area contributed by atoms with Gasteiger partial charge in [0.25, 0.3) is 0 Å². The van der Waals surface area contributed by atoms with Gasteiger partial charge in [-0.3, -0.25) is 4.79 Å². The molecule has 0 unspecified atom stereocenters. The smallest absolute Gasteiger partial charge is 0.246 e. The molecule has 0 aromatic heterocycles. The van der Waals surface area contributed by atoms with Crippen LogP contribution < -0.4 is 10.6 Å². The third kappa shape index (κ3) is 4.55. The minimum Gasteiger partial charge on any atom is -0.374 e. The molecule has 2 aromatic rings. The Morgan fingerprint density at radius 2 is 1.81 bits per heavy atom. The van der Waals surface area contributed by atoms with E-state index in [1.807, 2.05) is 13.0 Å². The highest BCUT2D eigenvalue weighted by Crippen LogP contribution is 2.24. The van der Waals surface area contributed by atoms with E-state index in [0.29, 0.717) is 10.7 Å². The Hall–Kier alpha value is -2.09. The van der Waals surface area contributed by atoms with Crippen molar-refractivity contribution in [3.05, 3.63) is 53.1 Å². The van der Waals surface area contributed by atoms with Crippen LogP contribution in [0.3, 0.4) is 0 Å². The van der Waals surface area contributed by atoms with Crippen molar-refractivity contribution in [3.63, 3.8) is 0 Å². The maximum atomic E-state index is 12.4. The van der Waals surface area contributed by atoms with Crippen molar-refractivity contribution >= 4 is 38.9 Å². The third-order valence-electron chi connectivity index (χ3n) is 3.91. The van der Waals surface area contributed by atoms with Crippen molar-refractivity contribution in [2.24, 2.45) is 0 Å². The molecule has 0 radical (unpaired) electrons. The predicted octanol–water partition coefficient (Wildman–Crippen LogP) is 3.34. The predicted molar refractivity (Wildman–Crippen MR) is 105 cm³/mol. The van der Waals surface area contributed by atoms with Crippen LogP contribution in [0, 0.1) is 6.92 Å². The highest BCUT2D eigenvalue weighted by atomic mass is 35.5. The monoisotopic (exact) mass is 395 g/mol. The Kier molecular flexibility index (Phi) is 6.28. The van der Waals surface area contributed by atoms with Gasteiger partial charge >= 0.3 is 0 Å². The van der Waals surface area contributed by atoms with E-state index in [2.05, 4.69) is 10.6 Å². The number of nitrogens with one attached hydrogen (secondary N) is 2. The largest absolute Gasteiger partial charge is 0.374 e. The van der Waals surface area contributed by atoms with E-state index in [9.17, 15) is 13.2 Å². The molecule has 0 bridgehead atoms. The van der Waals surface area contributed by atoms with Crippen LogP contribution >= 0.6 is 11.6 Å². The zero-order chi connectivity index (χ0) is 19.5. The molecular weight excluding hydrogens is 374 g/mol. The number of rotatable bonds is 6. The summed E-state index contributed by atoms with van der Waals surface area (Å²) in [6.07, 6.45) is 0. The summed E-state index contributed by atoms with van der Waals surface area (Å²) in [4.78, 5) is 12.6. The number of nitrogens with zero attached hydrogens (tertiary/aromatic N) is 1. The summed E-state index contributed by atoms with van der Waals surface area (Å²) in [7, 11) is -0.646. The van der Waals surface area contributed by atoms with Gasteiger partial charge in [0.2, 0.25) is 15.9 Å². The Morgan fingerprint density at radius 3 is 2.46 bits per heavy atom. The standard InChI is InChI=1S/C18H22ClN3O3S/c1-12-16(19)9-6-10-17(12)20-13(2)18(23)21-14-7-5-8-15(11-14)26(24,25)22(3)4/h5-11,13,20H,1-4H3,(H,21,23)/t13-/m1/s1. The fourth-order valence-corrected chi connectivity index (χ4v) is 3.38. The fourth-order valence-electron chi connectivity index (χ4n) is 2.26. The number of benzene rings is 2. The van der Waals surface area contributed by atoms with E-state index in [0.717, 1.165) is 15.6 Å². The first-order chi connectivity index (χ1) is 12.1. The molecule has 0 saturated carbocycles. The van der Waals surface area contributed by atoms with Gasteiger partial charge in [0, 0.05) is 30.5 Å². The van der Waals surface area contributed by atoms with Gasteiger partial charge in [-0.1, -0.05) is 23.7 Å². The second-order valence-corrected chi connectivity index (χ2v) is 8.64. The lowest BCUT2D eigenvalue weighted by atomic mass is 10.1. The Morgan fingerprint density at radius 1 is 1.15 bits per heavy atom. The maximum absolute atomic E-state index is 12.4. The lowest BCUT2D eigenvalue weighted by Crippen LogP contribution is -2.32. The van der Waals surface area contributed by atoms with Crippen molar-refractivity contribution in [1.29, 1.82) is 0 Å². The molecule has 2 rings (SSSR count). The highest BCUT2D eigenvalue weighted by molar-refractivity contribution is 7.89. The average molecular weight is 396 g/mol. The number of amides is 1. The van der Waals surface area contributed by atoms with Crippen LogP contribution in [0.25, 0.3) is 0 Å². The topological polar surface area (TPSA) is 78.5 Å². The number of anilines is 2. The Balaban J connectivity index is 2.13. The lowest BCUT2D eigenvalue weighted by molar-refractivity contribution is -0.116. The van der Waals surface area contributed by atoms with Crippen molar-refractivity contribution in [3.8, 4) is 0 Å². The van der Waals surface area contributed by atoms with Crippen molar-refractivity contribution in [1.82, 2.24) is 4.31 Å². The van der Waals surface area contributed by atoms with Gasteiger partial charge in [0.05, 0.1) is 4.90 Å². The van der Waals surface area contributed by atoms with Crippen molar-refractivity contribution in [2.45, 2.75) is 24.8 Å². The van der Waals surface area contributed by atoms with Gasteiger partial charge in [-0.15, -0.1) is 0 Å². The Labute approximate surface area is 159 Å². The molecule has 6 nitrogen and oxygen atoms in total. The van der Waals surface area contributed by atoms with Gasteiger partial charge in [0.15, 0.2) is 0 Å². The van der Waals surface area contributed by atoms with E-state index < -0.39 is 16.1 Å². The summed E-state index contributed by atoms with van der Waals surface area (Å²) in [6, 6.07) is 11.0. The lowest BCUT2D eigenvalue weighted by Gasteiger charge is -2.18. The second-order valence-electron chi connectivity index (χ2n) is 6.08. The molecule has 1 atom stereocenters. The van der Waals surface area contributed by atoms with E-state index >= 15 is 0 Å². The van der Waals surface area contributed by atoms with E-state index in [-0.39, 0.29) is 10.8 Å². The van der Waals surface area contributed by atoms with Crippen LogP contribution in [0.5, 0.6) is 0 Å². The summed E-state index contributed by atoms with van der Waals surface area (Å²) < 4.78 is 25.5. The SMILES string of the molecule is Cc1c(Cl)cccc1N[C@H](C)C(=O)Nc1cccc(S(=O)(=O)N(C)C)c1. The second kappa shape index (κ2) is 8.07. The number of hydrogen-bond donors (Lipinski definition) is 2. The summed E-state index contributed by atoms with van der Waals surface area (Å²) >= 11 is 6.09. The Bertz CT molecular complexity index is 914. The molecule has 8 heteroatoms. The number of halogens is 1. The maximum Gasteiger partial charge on any atom is 0.246 e. The minimum absolute atomic E-state index is 0.117. The number of hydrogen-bond acceptors (Lipinski definition) is 4. The number of carbonyl (C=O) groups excluding carboxylic acids is 1. The van der Waals surface area contributed by atoms with Gasteiger partial charge in [0.1, 0.15) is 6.04 Å². The van der Waals surface area contributed by atoms with Crippen LogP contribution in [0.15, 0.2) is 47.4 Å². The van der Waals surface area contributed by atoms with Crippen LogP contribution in [0.4, 0.5) is 11.4 Å². The zero-order valence-corrected chi connectivity index (χ0v) is 16.6. The zero-order valence-electron chi connectivity index (χ0n) is 15.1. The quantitative estimate of drug-likeness (QED) is 0.786. The van der Waals surface area contributed by atoms with Gasteiger partial charge in [-0.2, -0.15) is 0 Å². The molecule has 140 valence electrons. The van der Waals surface area contributed by atoms with Crippen LogP contribution in [0.2, 0.25) is 5.02 Å². The fraction of sp³-hybridized carbons (Fsp3) is 0.278. The van der Waals surface area contributed by atoms with E-state index in [1.54, 1.807) is 31.2 Å². The molecule has 2 aromatic carbocycles. The van der Waals surface area contributed by atoms with Gasteiger partial charge in [-0.25, -0.2) is 12.7 Å². The third-order valence-corrected chi connectivity index (χ3v) is 6.13. The molecule has 0 fully saturated rings. The van der Waals surface area contributed by atoms with Gasteiger partial charge < -0.3 is 10.6 Å². The van der Waals surface area contributed by atoms with Crippen LogP contribution in [0.1, 0.15) is 12.5 Å². The van der Waals surface area contributed by atoms with E-state index in [4.69, 9.17) is 11.6 Å². The number of carbonyl (C=O) groups is 1. The molecule has 0 heterocycles. The van der Waals surface area contributed by atoms with Crippen LogP contribution in [-0.4, -0.2) is 38.8 Å². The molecule has 0 spiro atoms. The molecule has 1 amide bonds. The molecule has 0 saturated heterocycles. The van der Waals surface area contributed by atoms with Crippen molar-refractivity contribution in [2.75, 3.05) is 24.7 Å². The average Bonchev–Trinajstić information content (AvgIpc) is 2.59. The number of sulfonamides is 1. The molecule has 26 heavy (non-hydrogen) atoms. The molecular formula is C18H22ClN3O3S. The summed E-state index contributed by atoms with van der Waals surface area (Å²) in [6.45, 7) is 3.58. The highest BCUT2D eigenvalue weighted by Gasteiger charge is 2.19. The molecule has 0 aliphatic heterocycles. The van der Waals surface area contributed by atoms with Crippen LogP contribution in [-0.2, 0) is 14.8 Å². The van der Waals surface area contributed by atoms with Gasteiger partial charge in [-0.05, 0) is 49.7 Å². The first kappa shape index (κ1) is 20.2. The summed E-state index contributed by atoms with van der Waals surface area (Å²) in [5.41, 5.74) is 2.03.